The van der Waals surface area contributed by atoms with Gasteiger partial charge in [-0.05, 0) is 53.6 Å². The van der Waals surface area contributed by atoms with Crippen LogP contribution in [0, 0.1) is 0 Å². The molecular formula is C20H21ClN2O2S. The minimum Gasteiger partial charge on any atom is -0.454 e. The van der Waals surface area contributed by atoms with Crippen LogP contribution < -0.4 is 9.47 Å². The van der Waals surface area contributed by atoms with Crippen molar-refractivity contribution in [2.45, 2.75) is 32.0 Å². The Balaban J connectivity index is 1.20. The molecule has 4 heterocycles. The van der Waals surface area contributed by atoms with Gasteiger partial charge in [-0.3, -0.25) is 4.90 Å². The lowest BCUT2D eigenvalue weighted by Gasteiger charge is -2.40. The first-order valence-electron chi connectivity index (χ1n) is 9.07. The largest absolute Gasteiger partial charge is 0.454 e. The number of hydrogen-bond donors (Lipinski definition) is 0. The first kappa shape index (κ1) is 16.5. The number of rotatable bonds is 3. The second kappa shape index (κ2) is 6.80. The number of hydrogen-bond acceptors (Lipinski definition) is 5. The maximum absolute atomic E-state index is 6.58. The summed E-state index contributed by atoms with van der Waals surface area (Å²) in [5.74, 6) is 1.72. The fraction of sp³-hybridized carbons (Fsp3) is 0.400. The van der Waals surface area contributed by atoms with E-state index in [1.54, 1.807) is 11.3 Å². The summed E-state index contributed by atoms with van der Waals surface area (Å²) < 4.78 is 10.9. The molecule has 1 aromatic carbocycles. The van der Waals surface area contributed by atoms with E-state index in [-0.39, 0.29) is 0 Å². The molecule has 1 aromatic heterocycles. The normalized spacial score (nSPS) is 20.2. The summed E-state index contributed by atoms with van der Waals surface area (Å²) in [6.07, 6.45) is 4.42. The first-order valence-corrected chi connectivity index (χ1v) is 10.3. The highest BCUT2D eigenvalue weighted by Crippen LogP contribution is 2.35. The lowest BCUT2D eigenvalue weighted by Crippen LogP contribution is -2.43. The molecule has 0 spiro atoms. The zero-order valence-corrected chi connectivity index (χ0v) is 16.1. The average Bonchev–Trinajstić information content (AvgIpc) is 3.30. The zero-order chi connectivity index (χ0) is 17.5. The molecule has 3 aliphatic heterocycles. The Bertz CT molecular complexity index is 842. The SMILES string of the molecule is ClC1=Cc2sccc2CN1C1CCN(Cc2ccc3c(c2)OCO3)CC1. The Morgan fingerprint density at radius 2 is 1.96 bits per heavy atom. The number of fused-ring (bicyclic) bond motifs is 2. The smallest absolute Gasteiger partial charge is 0.231 e. The molecule has 0 unspecified atom stereocenters. The van der Waals surface area contributed by atoms with Crippen molar-refractivity contribution >= 4 is 29.0 Å². The van der Waals surface area contributed by atoms with E-state index in [4.69, 9.17) is 21.1 Å². The maximum atomic E-state index is 6.58. The van der Waals surface area contributed by atoms with Crippen molar-refractivity contribution in [3.8, 4) is 11.5 Å². The fourth-order valence-corrected chi connectivity index (χ4v) is 5.26. The molecule has 0 amide bonds. The monoisotopic (exact) mass is 388 g/mol. The van der Waals surface area contributed by atoms with Crippen LogP contribution in [0.2, 0.25) is 0 Å². The Morgan fingerprint density at radius 3 is 2.85 bits per heavy atom. The van der Waals surface area contributed by atoms with E-state index >= 15 is 0 Å². The van der Waals surface area contributed by atoms with E-state index in [0.717, 1.165) is 55.7 Å². The molecule has 5 rings (SSSR count). The van der Waals surface area contributed by atoms with Gasteiger partial charge < -0.3 is 14.4 Å². The maximum Gasteiger partial charge on any atom is 0.231 e. The molecule has 0 atom stereocenters. The van der Waals surface area contributed by atoms with Crippen LogP contribution in [-0.2, 0) is 13.1 Å². The standard InChI is InChI=1S/C20H21ClN2O2S/c21-20-10-19-15(5-8-26-19)12-23(20)16-3-6-22(7-4-16)11-14-1-2-17-18(9-14)25-13-24-17/h1-2,5,8-10,16H,3-4,6-7,11-13H2. The second-order valence-electron chi connectivity index (χ2n) is 7.10. The number of benzene rings is 1. The van der Waals surface area contributed by atoms with Crippen molar-refractivity contribution in [2.24, 2.45) is 0 Å². The number of ether oxygens (including phenoxy) is 2. The van der Waals surface area contributed by atoms with Crippen molar-refractivity contribution in [3.63, 3.8) is 0 Å². The van der Waals surface area contributed by atoms with Gasteiger partial charge in [0.25, 0.3) is 0 Å². The predicted molar refractivity (Wildman–Crippen MR) is 105 cm³/mol. The minimum absolute atomic E-state index is 0.333. The van der Waals surface area contributed by atoms with Crippen LogP contribution in [-0.4, -0.2) is 35.7 Å². The summed E-state index contributed by atoms with van der Waals surface area (Å²) in [6.45, 7) is 4.43. The van der Waals surface area contributed by atoms with E-state index in [0.29, 0.717) is 12.8 Å². The fourth-order valence-electron chi connectivity index (χ4n) is 4.04. The van der Waals surface area contributed by atoms with Gasteiger partial charge >= 0.3 is 0 Å². The molecule has 136 valence electrons. The van der Waals surface area contributed by atoms with Crippen molar-refractivity contribution in [2.75, 3.05) is 19.9 Å². The van der Waals surface area contributed by atoms with E-state index in [1.807, 2.05) is 6.07 Å². The minimum atomic E-state index is 0.333. The van der Waals surface area contributed by atoms with Gasteiger partial charge in [-0.2, -0.15) is 0 Å². The Morgan fingerprint density at radius 1 is 1.12 bits per heavy atom. The first-order chi connectivity index (χ1) is 12.8. The Kier molecular flexibility index (Phi) is 4.31. The molecule has 0 aliphatic carbocycles. The van der Waals surface area contributed by atoms with E-state index < -0.39 is 0 Å². The van der Waals surface area contributed by atoms with E-state index in [1.165, 1.54) is 16.0 Å². The topological polar surface area (TPSA) is 24.9 Å². The Labute approximate surface area is 162 Å². The second-order valence-corrected chi connectivity index (χ2v) is 8.43. The van der Waals surface area contributed by atoms with Crippen LogP contribution in [0.5, 0.6) is 11.5 Å². The van der Waals surface area contributed by atoms with Crippen molar-refractivity contribution < 1.29 is 9.47 Å². The van der Waals surface area contributed by atoms with Gasteiger partial charge in [0.2, 0.25) is 6.79 Å². The third-order valence-electron chi connectivity index (χ3n) is 5.49. The zero-order valence-electron chi connectivity index (χ0n) is 14.5. The molecule has 26 heavy (non-hydrogen) atoms. The van der Waals surface area contributed by atoms with Gasteiger partial charge in [-0.15, -0.1) is 11.3 Å². The number of nitrogens with zero attached hydrogens (tertiary/aromatic N) is 2. The number of thiophene rings is 1. The van der Waals surface area contributed by atoms with Crippen LogP contribution in [0.15, 0.2) is 34.8 Å². The molecule has 0 radical (unpaired) electrons. The quantitative estimate of drug-likeness (QED) is 0.723. The number of halogens is 1. The molecule has 1 saturated heterocycles. The summed E-state index contributed by atoms with van der Waals surface area (Å²) >= 11 is 8.35. The molecule has 0 bridgehead atoms. The van der Waals surface area contributed by atoms with Crippen LogP contribution in [0.1, 0.15) is 28.8 Å². The molecule has 6 heteroatoms. The van der Waals surface area contributed by atoms with Gasteiger partial charge in [0.05, 0.1) is 0 Å². The van der Waals surface area contributed by atoms with Crippen LogP contribution in [0.25, 0.3) is 6.08 Å². The third-order valence-corrected chi connectivity index (χ3v) is 6.72. The highest BCUT2D eigenvalue weighted by Gasteiger charge is 2.28. The van der Waals surface area contributed by atoms with Crippen molar-refractivity contribution in [3.05, 3.63) is 50.8 Å². The summed E-state index contributed by atoms with van der Waals surface area (Å²) in [5.41, 5.74) is 2.69. The molecule has 3 aliphatic rings. The number of likely N-dealkylation sites (tertiary alicyclic amines) is 1. The number of piperidine rings is 1. The van der Waals surface area contributed by atoms with E-state index in [9.17, 15) is 0 Å². The van der Waals surface area contributed by atoms with Crippen molar-refractivity contribution in [1.29, 1.82) is 0 Å². The van der Waals surface area contributed by atoms with E-state index in [2.05, 4.69) is 39.5 Å². The van der Waals surface area contributed by atoms with Gasteiger partial charge in [0.15, 0.2) is 11.5 Å². The molecular weight excluding hydrogens is 368 g/mol. The lowest BCUT2D eigenvalue weighted by molar-refractivity contribution is 0.129. The van der Waals surface area contributed by atoms with Crippen molar-refractivity contribution in [1.82, 2.24) is 9.80 Å². The summed E-state index contributed by atoms with van der Waals surface area (Å²) in [5, 5.41) is 3.05. The summed E-state index contributed by atoms with van der Waals surface area (Å²) in [4.78, 5) is 6.21. The van der Waals surface area contributed by atoms with Gasteiger partial charge in [-0.25, -0.2) is 0 Å². The molecule has 0 saturated carbocycles. The van der Waals surface area contributed by atoms with Gasteiger partial charge in [0, 0.05) is 37.1 Å². The molecule has 0 N–H and O–H groups in total. The third kappa shape index (κ3) is 3.08. The molecule has 2 aromatic rings. The van der Waals surface area contributed by atoms with Gasteiger partial charge in [0.1, 0.15) is 5.16 Å². The predicted octanol–water partition coefficient (Wildman–Crippen LogP) is 4.49. The molecule has 1 fully saturated rings. The summed E-state index contributed by atoms with van der Waals surface area (Å²) in [6, 6.07) is 9.02. The van der Waals surface area contributed by atoms with Gasteiger partial charge in [-0.1, -0.05) is 17.7 Å². The Hall–Kier alpha value is -1.69. The summed E-state index contributed by atoms with van der Waals surface area (Å²) in [7, 11) is 0. The molecule has 4 nitrogen and oxygen atoms in total. The highest BCUT2D eigenvalue weighted by molar-refractivity contribution is 7.11. The van der Waals surface area contributed by atoms with Crippen LogP contribution in [0.4, 0.5) is 0 Å². The van der Waals surface area contributed by atoms with Crippen LogP contribution >= 0.6 is 22.9 Å². The lowest BCUT2D eigenvalue weighted by atomic mass is 10.0. The highest BCUT2D eigenvalue weighted by atomic mass is 35.5. The van der Waals surface area contributed by atoms with Crippen LogP contribution in [0.3, 0.4) is 0 Å². The average molecular weight is 389 g/mol.